The van der Waals surface area contributed by atoms with E-state index in [-0.39, 0.29) is 11.8 Å². The Kier molecular flexibility index (Phi) is 4.12. The van der Waals surface area contributed by atoms with Crippen molar-refractivity contribution in [2.24, 2.45) is 0 Å². The SMILES string of the molecule is CNC(=O)NCSc1ccc(O)cc1. The predicted molar refractivity (Wildman–Crippen MR) is 56.4 cm³/mol. The van der Waals surface area contributed by atoms with Crippen molar-refractivity contribution in [3.05, 3.63) is 24.3 Å². The third kappa shape index (κ3) is 3.57. The molecule has 0 aliphatic rings. The molecule has 0 radical (unpaired) electrons. The molecule has 1 aromatic rings. The number of hydrogen-bond donors (Lipinski definition) is 3. The van der Waals surface area contributed by atoms with E-state index < -0.39 is 0 Å². The summed E-state index contributed by atoms with van der Waals surface area (Å²) in [6.07, 6.45) is 0. The van der Waals surface area contributed by atoms with E-state index in [0.29, 0.717) is 5.88 Å². The average molecular weight is 212 g/mol. The first-order valence-electron chi connectivity index (χ1n) is 4.10. The molecule has 1 rings (SSSR count). The molecule has 0 aromatic heterocycles. The third-order valence-corrected chi connectivity index (χ3v) is 2.43. The zero-order chi connectivity index (χ0) is 10.4. The maximum atomic E-state index is 10.8. The van der Waals surface area contributed by atoms with Gasteiger partial charge in [0, 0.05) is 11.9 Å². The van der Waals surface area contributed by atoms with E-state index in [1.807, 2.05) is 0 Å². The summed E-state index contributed by atoms with van der Waals surface area (Å²) in [4.78, 5) is 11.8. The molecule has 2 amide bonds. The van der Waals surface area contributed by atoms with Gasteiger partial charge < -0.3 is 15.7 Å². The standard InChI is InChI=1S/C9H12N2O2S/c1-10-9(13)11-6-14-8-4-2-7(12)3-5-8/h2-5,12H,6H2,1H3,(H2,10,11,13). The van der Waals surface area contributed by atoms with Gasteiger partial charge in [0.1, 0.15) is 5.75 Å². The van der Waals surface area contributed by atoms with Crippen LogP contribution in [0, 0.1) is 0 Å². The van der Waals surface area contributed by atoms with E-state index in [1.165, 1.54) is 11.8 Å². The summed E-state index contributed by atoms with van der Waals surface area (Å²) < 4.78 is 0. The highest BCUT2D eigenvalue weighted by Gasteiger charge is 1.96. The molecule has 1 aromatic carbocycles. The van der Waals surface area contributed by atoms with Crippen molar-refractivity contribution in [2.45, 2.75) is 4.90 Å². The molecule has 0 bridgehead atoms. The van der Waals surface area contributed by atoms with E-state index in [9.17, 15) is 4.79 Å². The second kappa shape index (κ2) is 5.39. The summed E-state index contributed by atoms with van der Waals surface area (Å²) in [6.45, 7) is 0. The van der Waals surface area contributed by atoms with Crippen LogP contribution in [0.1, 0.15) is 0 Å². The van der Waals surface area contributed by atoms with Gasteiger partial charge in [-0.15, -0.1) is 11.8 Å². The van der Waals surface area contributed by atoms with Crippen LogP contribution in [0.4, 0.5) is 4.79 Å². The van der Waals surface area contributed by atoms with Crippen LogP contribution in [0.3, 0.4) is 0 Å². The number of rotatable bonds is 3. The van der Waals surface area contributed by atoms with Gasteiger partial charge in [-0.3, -0.25) is 0 Å². The third-order valence-electron chi connectivity index (χ3n) is 1.54. The molecule has 0 saturated carbocycles. The van der Waals surface area contributed by atoms with Gasteiger partial charge in [-0.2, -0.15) is 0 Å². The summed E-state index contributed by atoms with van der Waals surface area (Å²) in [7, 11) is 1.57. The molecule has 5 heteroatoms. The molecule has 0 atom stereocenters. The fourth-order valence-electron chi connectivity index (χ4n) is 0.816. The maximum Gasteiger partial charge on any atom is 0.315 e. The van der Waals surface area contributed by atoms with Gasteiger partial charge in [0.15, 0.2) is 0 Å². The Hall–Kier alpha value is -1.36. The zero-order valence-corrected chi connectivity index (χ0v) is 8.60. The molecular formula is C9H12N2O2S. The number of nitrogens with one attached hydrogen (secondary N) is 2. The molecule has 0 saturated heterocycles. The molecule has 0 heterocycles. The van der Waals surface area contributed by atoms with Gasteiger partial charge in [0.25, 0.3) is 0 Å². The van der Waals surface area contributed by atoms with Crippen molar-refractivity contribution in [2.75, 3.05) is 12.9 Å². The minimum Gasteiger partial charge on any atom is -0.508 e. The number of carbonyl (C=O) groups excluding carboxylic acids is 1. The van der Waals surface area contributed by atoms with E-state index >= 15 is 0 Å². The van der Waals surface area contributed by atoms with Crippen molar-refractivity contribution in [1.82, 2.24) is 10.6 Å². The zero-order valence-electron chi connectivity index (χ0n) is 7.78. The summed E-state index contributed by atoms with van der Waals surface area (Å²) in [6, 6.07) is 6.62. The van der Waals surface area contributed by atoms with Crippen LogP contribution >= 0.6 is 11.8 Å². The highest BCUT2D eigenvalue weighted by molar-refractivity contribution is 7.99. The lowest BCUT2D eigenvalue weighted by Gasteiger charge is -2.03. The number of thioether (sulfide) groups is 1. The number of benzene rings is 1. The fraction of sp³-hybridized carbons (Fsp3) is 0.222. The van der Waals surface area contributed by atoms with Crippen LogP contribution in [0.5, 0.6) is 5.75 Å². The maximum absolute atomic E-state index is 10.8. The van der Waals surface area contributed by atoms with E-state index in [1.54, 1.807) is 31.3 Å². The first-order valence-corrected chi connectivity index (χ1v) is 5.08. The van der Waals surface area contributed by atoms with Crippen molar-refractivity contribution in [3.8, 4) is 5.75 Å². The molecule has 0 aliphatic heterocycles. The monoisotopic (exact) mass is 212 g/mol. The molecule has 14 heavy (non-hydrogen) atoms. The average Bonchev–Trinajstić information content (AvgIpc) is 2.21. The van der Waals surface area contributed by atoms with Crippen LogP contribution in [0.15, 0.2) is 29.2 Å². The van der Waals surface area contributed by atoms with Crippen LogP contribution < -0.4 is 10.6 Å². The van der Waals surface area contributed by atoms with Gasteiger partial charge >= 0.3 is 6.03 Å². The Morgan fingerprint density at radius 1 is 1.43 bits per heavy atom. The van der Waals surface area contributed by atoms with Crippen LogP contribution in [-0.2, 0) is 0 Å². The van der Waals surface area contributed by atoms with Gasteiger partial charge in [0.05, 0.1) is 5.88 Å². The quantitative estimate of drug-likeness (QED) is 0.524. The lowest BCUT2D eigenvalue weighted by Crippen LogP contribution is -2.32. The largest absolute Gasteiger partial charge is 0.508 e. The molecule has 4 nitrogen and oxygen atoms in total. The Bertz CT molecular complexity index is 300. The molecule has 3 N–H and O–H groups in total. The van der Waals surface area contributed by atoms with Gasteiger partial charge in [-0.05, 0) is 24.3 Å². The second-order valence-electron chi connectivity index (χ2n) is 2.54. The highest BCUT2D eigenvalue weighted by atomic mass is 32.2. The number of phenols is 1. The topological polar surface area (TPSA) is 61.4 Å². The highest BCUT2D eigenvalue weighted by Crippen LogP contribution is 2.19. The molecule has 0 aliphatic carbocycles. The Morgan fingerprint density at radius 3 is 2.64 bits per heavy atom. The minimum absolute atomic E-state index is 0.198. The smallest absolute Gasteiger partial charge is 0.315 e. The first kappa shape index (κ1) is 10.7. The lowest BCUT2D eigenvalue weighted by atomic mass is 10.3. The molecule has 0 spiro atoms. The Morgan fingerprint density at radius 2 is 2.07 bits per heavy atom. The van der Waals surface area contributed by atoms with Crippen LogP contribution in [0.2, 0.25) is 0 Å². The number of aromatic hydroxyl groups is 1. The molecular weight excluding hydrogens is 200 g/mol. The number of hydrogen-bond acceptors (Lipinski definition) is 3. The molecule has 76 valence electrons. The Balaban J connectivity index is 2.31. The first-order chi connectivity index (χ1) is 6.72. The number of urea groups is 1. The minimum atomic E-state index is -0.198. The number of amides is 2. The molecule has 0 fully saturated rings. The van der Waals surface area contributed by atoms with Crippen LogP contribution in [0.25, 0.3) is 0 Å². The summed E-state index contributed by atoms with van der Waals surface area (Å²) in [5, 5.41) is 14.1. The summed E-state index contributed by atoms with van der Waals surface area (Å²) in [5.41, 5.74) is 0. The van der Waals surface area contributed by atoms with Crippen molar-refractivity contribution >= 4 is 17.8 Å². The predicted octanol–water partition coefficient (Wildman–Crippen LogP) is 1.37. The van der Waals surface area contributed by atoms with E-state index in [2.05, 4.69) is 10.6 Å². The second-order valence-corrected chi connectivity index (χ2v) is 3.59. The van der Waals surface area contributed by atoms with Crippen LogP contribution in [-0.4, -0.2) is 24.1 Å². The number of carbonyl (C=O) groups is 1. The van der Waals surface area contributed by atoms with E-state index in [4.69, 9.17) is 5.11 Å². The Labute approximate surface area is 86.7 Å². The summed E-state index contributed by atoms with van der Waals surface area (Å²) in [5.74, 6) is 0.748. The normalized spacial score (nSPS) is 9.50. The van der Waals surface area contributed by atoms with Crippen molar-refractivity contribution in [1.29, 1.82) is 0 Å². The van der Waals surface area contributed by atoms with Gasteiger partial charge in [0.2, 0.25) is 0 Å². The number of phenolic OH excluding ortho intramolecular Hbond substituents is 1. The fourth-order valence-corrected chi connectivity index (χ4v) is 1.51. The summed E-state index contributed by atoms with van der Waals surface area (Å²) >= 11 is 1.49. The van der Waals surface area contributed by atoms with Gasteiger partial charge in [-0.25, -0.2) is 4.79 Å². The van der Waals surface area contributed by atoms with Crippen molar-refractivity contribution in [3.63, 3.8) is 0 Å². The lowest BCUT2D eigenvalue weighted by molar-refractivity contribution is 0.244. The molecule has 0 unspecified atom stereocenters. The van der Waals surface area contributed by atoms with Gasteiger partial charge in [-0.1, -0.05) is 0 Å². The van der Waals surface area contributed by atoms with E-state index in [0.717, 1.165) is 4.90 Å². The van der Waals surface area contributed by atoms with Crippen molar-refractivity contribution < 1.29 is 9.90 Å².